The van der Waals surface area contributed by atoms with Crippen LogP contribution in [0.3, 0.4) is 0 Å². The molecule has 3 aliphatic rings. The van der Waals surface area contributed by atoms with E-state index < -0.39 is 0 Å². The number of hydrogen-bond donors (Lipinski definition) is 0. The van der Waals surface area contributed by atoms with Crippen molar-refractivity contribution in [2.24, 2.45) is 0 Å². The van der Waals surface area contributed by atoms with Crippen LogP contribution in [0.1, 0.15) is 49.8 Å². The SMILES string of the molecule is C1=CC2=C(CC1)C(c1ccccc1)C1c3ccc(-c4ccc(-c5ccc6sc7ccccc7c6c5)cc4)cc3-c3c(sc4ccccc34)N21.CC. The molecular weight excluding hydrogens is 655 g/mol. The predicted octanol–water partition coefficient (Wildman–Crippen LogP) is 14.6. The minimum atomic E-state index is 0.241. The van der Waals surface area contributed by atoms with E-state index in [1.54, 1.807) is 5.57 Å². The van der Waals surface area contributed by atoms with E-state index in [0.717, 1.165) is 12.8 Å². The number of anilines is 1. The molecule has 2 aromatic heterocycles. The fraction of sp³-hybridized carbons (Fsp3) is 0.125. The van der Waals surface area contributed by atoms with E-state index in [0.29, 0.717) is 5.92 Å². The van der Waals surface area contributed by atoms with Crippen molar-refractivity contribution in [3.05, 3.63) is 174 Å². The molecule has 246 valence electrons. The maximum absolute atomic E-state index is 2.70. The van der Waals surface area contributed by atoms with Crippen LogP contribution in [0.5, 0.6) is 0 Å². The van der Waals surface area contributed by atoms with Crippen molar-refractivity contribution in [2.75, 3.05) is 4.90 Å². The molecule has 2 unspecified atom stereocenters. The van der Waals surface area contributed by atoms with Gasteiger partial charge in [-0.3, -0.25) is 0 Å². The van der Waals surface area contributed by atoms with Crippen molar-refractivity contribution >= 4 is 57.9 Å². The van der Waals surface area contributed by atoms with Crippen LogP contribution in [-0.2, 0) is 0 Å². The highest BCUT2D eigenvalue weighted by Gasteiger charge is 2.47. The smallest absolute Gasteiger partial charge is 0.105 e. The second kappa shape index (κ2) is 12.2. The van der Waals surface area contributed by atoms with E-state index in [2.05, 4.69) is 157 Å². The van der Waals surface area contributed by atoms with Gasteiger partial charge in [-0.05, 0) is 93.8 Å². The molecule has 0 saturated heterocycles. The van der Waals surface area contributed by atoms with Crippen LogP contribution in [0.2, 0.25) is 0 Å². The van der Waals surface area contributed by atoms with Gasteiger partial charge < -0.3 is 4.90 Å². The summed E-state index contributed by atoms with van der Waals surface area (Å²) in [7, 11) is 0. The van der Waals surface area contributed by atoms with Gasteiger partial charge in [-0.15, -0.1) is 22.7 Å². The molecule has 2 aliphatic heterocycles. The Balaban J connectivity index is 0.00000161. The van der Waals surface area contributed by atoms with Crippen molar-refractivity contribution in [3.8, 4) is 33.4 Å². The standard InChI is InChI=1S/C46H31NS2.C2H6/c1-2-10-30(11-3-1)43-35-13-4-7-15-39(35)47-45(43)34-24-22-31(27-38(34)44-36-14-6-9-17-41(36)49-46(44)47)28-18-20-29(21-19-28)32-23-25-42-37(26-32)33-12-5-8-16-40(33)48-42;1-2/h1-3,5-12,14-27,43,45H,4,13H2;1-2H3. The molecule has 0 bridgehead atoms. The van der Waals surface area contributed by atoms with Gasteiger partial charge in [0.15, 0.2) is 0 Å². The van der Waals surface area contributed by atoms with Crippen molar-refractivity contribution in [3.63, 3.8) is 0 Å². The Morgan fingerprint density at radius 3 is 1.98 bits per heavy atom. The minimum Gasteiger partial charge on any atom is -0.324 e. The first-order valence-electron chi connectivity index (χ1n) is 18.2. The first-order chi connectivity index (χ1) is 25.3. The average molecular weight is 692 g/mol. The highest BCUT2D eigenvalue weighted by Crippen LogP contribution is 2.63. The largest absolute Gasteiger partial charge is 0.324 e. The molecule has 8 aromatic rings. The highest BCUT2D eigenvalue weighted by atomic mass is 32.1. The van der Waals surface area contributed by atoms with Crippen LogP contribution >= 0.6 is 22.7 Å². The number of fused-ring (bicyclic) bond motifs is 12. The fourth-order valence-electron chi connectivity index (χ4n) is 8.74. The van der Waals surface area contributed by atoms with Crippen LogP contribution in [0, 0.1) is 0 Å². The topological polar surface area (TPSA) is 3.24 Å². The summed E-state index contributed by atoms with van der Waals surface area (Å²) in [6, 6.07) is 52.6. The molecule has 0 N–H and O–H groups in total. The summed E-state index contributed by atoms with van der Waals surface area (Å²) in [5.74, 6) is 0.334. The third kappa shape index (κ3) is 4.72. The van der Waals surface area contributed by atoms with Crippen LogP contribution < -0.4 is 4.90 Å². The molecule has 6 aromatic carbocycles. The van der Waals surface area contributed by atoms with Crippen molar-refractivity contribution < 1.29 is 0 Å². The predicted molar refractivity (Wildman–Crippen MR) is 222 cm³/mol. The Hall–Kier alpha value is -5.22. The summed E-state index contributed by atoms with van der Waals surface area (Å²) < 4.78 is 4.05. The molecule has 0 amide bonds. The first-order valence-corrected chi connectivity index (χ1v) is 19.9. The van der Waals surface area contributed by atoms with E-state index in [-0.39, 0.29) is 6.04 Å². The Morgan fingerprint density at radius 1 is 0.569 bits per heavy atom. The van der Waals surface area contributed by atoms with Crippen molar-refractivity contribution in [2.45, 2.75) is 38.6 Å². The lowest BCUT2D eigenvalue weighted by Crippen LogP contribution is -2.28. The number of hydrogen-bond acceptors (Lipinski definition) is 3. The molecule has 4 heterocycles. The summed E-state index contributed by atoms with van der Waals surface area (Å²) in [6.07, 6.45) is 7.01. The van der Waals surface area contributed by atoms with Gasteiger partial charge >= 0.3 is 0 Å². The molecule has 11 rings (SSSR count). The summed E-state index contributed by atoms with van der Waals surface area (Å²) in [6.45, 7) is 4.00. The van der Waals surface area contributed by atoms with Gasteiger partial charge in [0.1, 0.15) is 5.00 Å². The maximum atomic E-state index is 2.70. The zero-order valence-corrected chi connectivity index (χ0v) is 30.4. The fourth-order valence-corrected chi connectivity index (χ4v) is 11.1. The van der Waals surface area contributed by atoms with Crippen LogP contribution in [0.4, 0.5) is 5.00 Å². The minimum absolute atomic E-state index is 0.241. The molecule has 0 spiro atoms. The van der Waals surface area contributed by atoms with E-state index in [1.807, 2.05) is 36.5 Å². The summed E-state index contributed by atoms with van der Waals surface area (Å²) >= 11 is 3.83. The molecule has 51 heavy (non-hydrogen) atoms. The molecule has 0 saturated carbocycles. The van der Waals surface area contributed by atoms with Gasteiger partial charge in [0, 0.05) is 47.4 Å². The number of nitrogens with zero attached hydrogens (tertiary/aromatic N) is 1. The normalized spacial score (nSPS) is 17.3. The Bertz CT molecular complexity index is 2670. The second-order valence-electron chi connectivity index (χ2n) is 13.5. The lowest BCUT2D eigenvalue weighted by Gasteiger charge is -2.38. The summed E-state index contributed by atoms with van der Waals surface area (Å²) in [4.78, 5) is 2.70. The quantitative estimate of drug-likeness (QED) is 0.178. The van der Waals surface area contributed by atoms with Gasteiger partial charge in [0.25, 0.3) is 0 Å². The molecule has 2 atom stereocenters. The molecule has 1 nitrogen and oxygen atoms in total. The third-order valence-corrected chi connectivity index (χ3v) is 13.3. The van der Waals surface area contributed by atoms with Crippen LogP contribution in [-0.4, -0.2) is 0 Å². The van der Waals surface area contributed by atoms with Crippen molar-refractivity contribution in [1.82, 2.24) is 0 Å². The molecule has 1 aliphatic carbocycles. The number of allylic oxidation sites excluding steroid dienone is 2. The van der Waals surface area contributed by atoms with E-state index in [9.17, 15) is 0 Å². The van der Waals surface area contributed by atoms with Gasteiger partial charge in [-0.25, -0.2) is 0 Å². The Morgan fingerprint density at radius 2 is 1.20 bits per heavy atom. The summed E-state index contributed by atoms with van der Waals surface area (Å²) in [5, 5.41) is 5.44. The monoisotopic (exact) mass is 691 g/mol. The first kappa shape index (κ1) is 30.6. The van der Waals surface area contributed by atoms with Gasteiger partial charge in [0.2, 0.25) is 0 Å². The van der Waals surface area contributed by atoms with E-state index >= 15 is 0 Å². The number of benzene rings is 6. The second-order valence-corrected chi connectivity index (χ2v) is 15.6. The zero-order chi connectivity index (χ0) is 34.1. The van der Waals surface area contributed by atoms with Crippen molar-refractivity contribution in [1.29, 1.82) is 0 Å². The van der Waals surface area contributed by atoms with Gasteiger partial charge in [-0.2, -0.15) is 0 Å². The Kier molecular flexibility index (Phi) is 7.33. The third-order valence-electron chi connectivity index (χ3n) is 10.9. The van der Waals surface area contributed by atoms with E-state index in [1.165, 1.54) is 85.5 Å². The highest BCUT2D eigenvalue weighted by molar-refractivity contribution is 7.25. The molecule has 0 radical (unpaired) electrons. The lowest BCUT2D eigenvalue weighted by atomic mass is 9.78. The molecule has 0 fully saturated rings. The lowest BCUT2D eigenvalue weighted by molar-refractivity contribution is 0.628. The molecule has 3 heteroatoms. The number of rotatable bonds is 3. The van der Waals surface area contributed by atoms with Crippen LogP contribution in [0.25, 0.3) is 63.6 Å². The number of thiophene rings is 2. The summed E-state index contributed by atoms with van der Waals surface area (Å²) in [5.41, 5.74) is 13.7. The Labute approximate surface area is 307 Å². The average Bonchev–Trinajstić information content (AvgIpc) is 3.89. The van der Waals surface area contributed by atoms with E-state index in [4.69, 9.17) is 0 Å². The van der Waals surface area contributed by atoms with Crippen LogP contribution in [0.15, 0.2) is 163 Å². The maximum Gasteiger partial charge on any atom is 0.105 e. The van der Waals surface area contributed by atoms with Gasteiger partial charge in [-0.1, -0.05) is 129 Å². The molecular formula is C48H37NS2. The zero-order valence-electron chi connectivity index (χ0n) is 28.8. The van der Waals surface area contributed by atoms with Gasteiger partial charge in [0.05, 0.1) is 6.04 Å².